The summed E-state index contributed by atoms with van der Waals surface area (Å²) in [6, 6.07) is 9.98. The number of rotatable bonds is 5. The molecule has 3 heteroatoms. The lowest BCUT2D eigenvalue weighted by Gasteiger charge is -2.16. The fourth-order valence-electron chi connectivity index (χ4n) is 1.61. The summed E-state index contributed by atoms with van der Waals surface area (Å²) in [7, 11) is 1.57. The van der Waals surface area contributed by atoms with Gasteiger partial charge in [0.15, 0.2) is 0 Å². The Bertz CT molecular complexity index is 385. The van der Waals surface area contributed by atoms with Crippen LogP contribution in [0, 0.1) is 5.92 Å². The molecule has 0 aromatic heterocycles. The Kier molecular flexibility index (Phi) is 5.98. The summed E-state index contributed by atoms with van der Waals surface area (Å²) in [5.41, 5.74) is 1.10. The smallest absolute Gasteiger partial charge is 0.407 e. The molecule has 1 amide bonds. The molecule has 18 heavy (non-hydrogen) atoms. The molecule has 0 bridgehead atoms. The van der Waals surface area contributed by atoms with Crippen molar-refractivity contribution in [1.29, 1.82) is 0 Å². The van der Waals surface area contributed by atoms with Gasteiger partial charge >= 0.3 is 6.09 Å². The Morgan fingerprint density at radius 3 is 2.56 bits per heavy atom. The number of carbonyl (C=O) groups is 1. The molecule has 0 aliphatic carbocycles. The molecule has 0 spiro atoms. The second-order valence-electron chi connectivity index (χ2n) is 4.59. The van der Waals surface area contributed by atoms with E-state index < -0.39 is 6.09 Å². The van der Waals surface area contributed by atoms with Crippen LogP contribution in [0.3, 0.4) is 0 Å². The Balaban J connectivity index is 2.65. The minimum absolute atomic E-state index is 0.190. The Labute approximate surface area is 109 Å². The molecule has 1 unspecified atom stereocenters. The van der Waals surface area contributed by atoms with Gasteiger partial charge in [0, 0.05) is 7.05 Å². The molecule has 98 valence electrons. The third kappa shape index (κ3) is 5.53. The molecule has 0 radical (unpaired) electrons. The first-order valence-electron chi connectivity index (χ1n) is 6.23. The monoisotopic (exact) mass is 247 g/mol. The number of nitrogens with one attached hydrogen (secondary N) is 1. The van der Waals surface area contributed by atoms with Gasteiger partial charge in [0.1, 0.15) is 6.10 Å². The lowest BCUT2D eigenvalue weighted by atomic mass is 10.0. The standard InChI is InChI=1S/C15H21NO2/c1-12(2)11-14(18-15(17)16-3)10-9-13-7-5-4-6-8-13/h4-10,12,14H,11H2,1-3H3,(H,16,17)/b10-9+. The van der Waals surface area contributed by atoms with Crippen LogP contribution in [0.4, 0.5) is 4.79 Å². The second kappa shape index (κ2) is 7.54. The Morgan fingerprint density at radius 1 is 1.33 bits per heavy atom. The average Bonchev–Trinajstić information content (AvgIpc) is 2.36. The van der Waals surface area contributed by atoms with Crippen molar-refractivity contribution in [3.8, 4) is 0 Å². The number of hydrogen-bond donors (Lipinski definition) is 1. The molecule has 0 saturated carbocycles. The van der Waals surface area contributed by atoms with E-state index >= 15 is 0 Å². The molecule has 3 nitrogen and oxygen atoms in total. The predicted molar refractivity (Wildman–Crippen MR) is 74.3 cm³/mol. The summed E-state index contributed by atoms with van der Waals surface area (Å²) < 4.78 is 5.30. The lowest BCUT2D eigenvalue weighted by Crippen LogP contribution is -2.25. The van der Waals surface area contributed by atoms with Gasteiger partial charge in [0.2, 0.25) is 0 Å². The molecule has 0 aliphatic rings. The highest BCUT2D eigenvalue weighted by Crippen LogP contribution is 2.12. The van der Waals surface area contributed by atoms with Crippen molar-refractivity contribution >= 4 is 12.2 Å². The van der Waals surface area contributed by atoms with Gasteiger partial charge < -0.3 is 10.1 Å². The van der Waals surface area contributed by atoms with Crippen LogP contribution in [0.25, 0.3) is 6.08 Å². The zero-order valence-electron chi connectivity index (χ0n) is 11.2. The SMILES string of the molecule is CNC(=O)OC(/C=C/c1ccccc1)CC(C)C. The number of hydrogen-bond acceptors (Lipinski definition) is 2. The third-order valence-corrected chi connectivity index (χ3v) is 2.47. The number of benzene rings is 1. The van der Waals surface area contributed by atoms with Crippen LogP contribution in [-0.2, 0) is 4.74 Å². The first-order chi connectivity index (χ1) is 8.61. The zero-order valence-corrected chi connectivity index (χ0v) is 11.2. The van der Waals surface area contributed by atoms with Crippen LogP contribution in [0.2, 0.25) is 0 Å². The van der Waals surface area contributed by atoms with Gasteiger partial charge in [-0.05, 0) is 24.0 Å². The summed E-state index contributed by atoms with van der Waals surface area (Å²) in [5.74, 6) is 0.472. The van der Waals surface area contributed by atoms with Crippen molar-refractivity contribution in [2.45, 2.75) is 26.4 Å². The highest BCUT2D eigenvalue weighted by molar-refractivity contribution is 5.67. The fourth-order valence-corrected chi connectivity index (χ4v) is 1.61. The van der Waals surface area contributed by atoms with Gasteiger partial charge in [0.25, 0.3) is 0 Å². The largest absolute Gasteiger partial charge is 0.442 e. The summed E-state index contributed by atoms with van der Waals surface area (Å²) >= 11 is 0. The van der Waals surface area contributed by atoms with Crippen LogP contribution in [0.5, 0.6) is 0 Å². The van der Waals surface area contributed by atoms with Crippen molar-refractivity contribution in [1.82, 2.24) is 5.32 Å². The first-order valence-corrected chi connectivity index (χ1v) is 6.23. The molecule has 0 heterocycles. The van der Waals surface area contributed by atoms with Gasteiger partial charge in [0.05, 0.1) is 0 Å². The topological polar surface area (TPSA) is 38.3 Å². The van der Waals surface area contributed by atoms with Gasteiger partial charge in [-0.15, -0.1) is 0 Å². The normalized spacial score (nSPS) is 12.7. The van der Waals surface area contributed by atoms with Crippen molar-refractivity contribution in [3.05, 3.63) is 42.0 Å². The molecule has 1 atom stereocenters. The third-order valence-electron chi connectivity index (χ3n) is 2.47. The predicted octanol–water partition coefficient (Wildman–Crippen LogP) is 3.47. The number of alkyl carbamates (subject to hydrolysis) is 1. The van der Waals surface area contributed by atoms with E-state index in [4.69, 9.17) is 4.74 Å². The van der Waals surface area contributed by atoms with Crippen LogP contribution in [-0.4, -0.2) is 19.2 Å². The van der Waals surface area contributed by atoms with E-state index in [2.05, 4.69) is 19.2 Å². The van der Waals surface area contributed by atoms with Crippen molar-refractivity contribution in [2.24, 2.45) is 5.92 Å². The zero-order chi connectivity index (χ0) is 13.4. The maximum absolute atomic E-state index is 11.2. The van der Waals surface area contributed by atoms with Crippen molar-refractivity contribution < 1.29 is 9.53 Å². The maximum atomic E-state index is 11.2. The molecule has 0 fully saturated rings. The van der Waals surface area contributed by atoms with Gasteiger partial charge in [-0.25, -0.2) is 4.79 Å². The maximum Gasteiger partial charge on any atom is 0.407 e. The van der Waals surface area contributed by atoms with Crippen molar-refractivity contribution in [2.75, 3.05) is 7.05 Å². The molecular formula is C15H21NO2. The Morgan fingerprint density at radius 2 is 2.00 bits per heavy atom. The van der Waals surface area contributed by atoms with Crippen molar-refractivity contribution in [3.63, 3.8) is 0 Å². The minimum Gasteiger partial charge on any atom is -0.442 e. The summed E-state index contributed by atoms with van der Waals surface area (Å²) in [6.07, 6.45) is 4.15. The summed E-state index contributed by atoms with van der Waals surface area (Å²) in [4.78, 5) is 11.2. The molecule has 0 aliphatic heterocycles. The highest BCUT2D eigenvalue weighted by Gasteiger charge is 2.11. The van der Waals surface area contributed by atoms with Gasteiger partial charge in [-0.2, -0.15) is 0 Å². The van der Waals surface area contributed by atoms with E-state index in [0.717, 1.165) is 12.0 Å². The van der Waals surface area contributed by atoms with Crippen LogP contribution in [0.15, 0.2) is 36.4 Å². The number of ether oxygens (including phenoxy) is 1. The lowest BCUT2D eigenvalue weighted by molar-refractivity contribution is 0.111. The fraction of sp³-hybridized carbons (Fsp3) is 0.400. The molecule has 1 N–H and O–H groups in total. The Hall–Kier alpha value is -1.77. The van der Waals surface area contributed by atoms with Gasteiger partial charge in [-0.1, -0.05) is 50.3 Å². The van der Waals surface area contributed by atoms with Gasteiger partial charge in [-0.3, -0.25) is 0 Å². The minimum atomic E-state index is -0.390. The number of carbonyl (C=O) groups excluding carboxylic acids is 1. The average molecular weight is 247 g/mol. The second-order valence-corrected chi connectivity index (χ2v) is 4.59. The first kappa shape index (κ1) is 14.3. The van der Waals surface area contributed by atoms with E-state index in [9.17, 15) is 4.79 Å². The molecule has 1 aromatic carbocycles. The van der Waals surface area contributed by atoms with E-state index in [1.165, 1.54) is 0 Å². The van der Waals surface area contributed by atoms with E-state index in [1.807, 2.05) is 42.5 Å². The van der Waals surface area contributed by atoms with E-state index in [0.29, 0.717) is 5.92 Å². The molecular weight excluding hydrogens is 226 g/mol. The quantitative estimate of drug-likeness (QED) is 0.865. The molecule has 0 saturated heterocycles. The van der Waals surface area contributed by atoms with E-state index in [1.54, 1.807) is 7.05 Å². The molecule has 1 rings (SSSR count). The van der Waals surface area contributed by atoms with Crippen LogP contribution >= 0.6 is 0 Å². The molecule has 1 aromatic rings. The van der Waals surface area contributed by atoms with Crippen LogP contribution in [0.1, 0.15) is 25.8 Å². The van der Waals surface area contributed by atoms with E-state index in [-0.39, 0.29) is 6.10 Å². The summed E-state index contributed by atoms with van der Waals surface area (Å²) in [6.45, 7) is 4.22. The van der Waals surface area contributed by atoms with Crippen LogP contribution < -0.4 is 5.32 Å². The highest BCUT2D eigenvalue weighted by atomic mass is 16.6. The summed E-state index contributed by atoms with van der Waals surface area (Å²) in [5, 5.41) is 2.47. The number of amides is 1.